The smallest absolute Gasteiger partial charge is 0.281 e. The lowest BCUT2D eigenvalue weighted by Gasteiger charge is -2.26. The lowest BCUT2D eigenvalue weighted by molar-refractivity contribution is 0.0343. The monoisotopic (exact) mass is 366 g/mol. The van der Waals surface area contributed by atoms with E-state index < -0.39 is 0 Å². The van der Waals surface area contributed by atoms with Gasteiger partial charge in [-0.2, -0.15) is 4.98 Å². The number of fused-ring (bicyclic) bond motifs is 2. The highest BCUT2D eigenvalue weighted by atomic mass is 32.1. The molecule has 6 nitrogen and oxygen atoms in total. The largest absolute Gasteiger partial charge is 0.431 e. The molecule has 5 rings (SSSR count). The minimum absolute atomic E-state index is 0.609. The van der Waals surface area contributed by atoms with Gasteiger partial charge in [-0.3, -0.25) is 4.90 Å². The highest BCUT2D eigenvalue weighted by molar-refractivity contribution is 7.20. The number of H-pyrrole nitrogens is 1. The molecule has 26 heavy (non-hydrogen) atoms. The second kappa shape index (κ2) is 6.68. The van der Waals surface area contributed by atoms with Crippen molar-refractivity contribution in [1.29, 1.82) is 0 Å². The van der Waals surface area contributed by atoms with E-state index in [0.717, 1.165) is 54.5 Å². The number of thiazole rings is 1. The van der Waals surface area contributed by atoms with Crippen LogP contribution in [-0.4, -0.2) is 46.2 Å². The standard InChI is InChI=1S/C19H18N4O2S/c1-2-17-18(20-5-1)22-19(26-17)25-14-3-4-15-13(11-21-16(15)10-14)12-23-6-8-24-9-7-23/h1-5,10-11,21H,6-9,12H2. The fraction of sp³-hybridized carbons (Fsp3) is 0.263. The van der Waals surface area contributed by atoms with Crippen LogP contribution in [0.4, 0.5) is 0 Å². The predicted octanol–water partition coefficient (Wildman–Crippen LogP) is 3.80. The van der Waals surface area contributed by atoms with E-state index in [2.05, 4.69) is 32.1 Å². The number of nitrogens with one attached hydrogen (secondary N) is 1. The molecule has 1 saturated heterocycles. The molecule has 1 N–H and O–H groups in total. The second-order valence-electron chi connectivity index (χ2n) is 6.32. The molecule has 0 unspecified atom stereocenters. The van der Waals surface area contributed by atoms with Gasteiger partial charge in [-0.05, 0) is 29.8 Å². The van der Waals surface area contributed by atoms with E-state index in [1.54, 1.807) is 6.20 Å². The summed E-state index contributed by atoms with van der Waals surface area (Å²) in [5.41, 5.74) is 3.10. The van der Waals surface area contributed by atoms with Gasteiger partial charge in [0.15, 0.2) is 5.65 Å². The summed E-state index contributed by atoms with van der Waals surface area (Å²) in [6, 6.07) is 10.0. The van der Waals surface area contributed by atoms with Gasteiger partial charge in [0.1, 0.15) is 5.75 Å². The van der Waals surface area contributed by atoms with Gasteiger partial charge in [0, 0.05) is 49.0 Å². The molecule has 0 aliphatic carbocycles. The molecule has 4 heterocycles. The number of hydrogen-bond acceptors (Lipinski definition) is 6. The van der Waals surface area contributed by atoms with Gasteiger partial charge in [0.25, 0.3) is 5.19 Å². The number of rotatable bonds is 4. The fourth-order valence-electron chi connectivity index (χ4n) is 3.25. The molecule has 1 aromatic carbocycles. The third-order valence-electron chi connectivity index (χ3n) is 4.59. The van der Waals surface area contributed by atoms with Crippen LogP contribution in [0.25, 0.3) is 21.3 Å². The van der Waals surface area contributed by atoms with Gasteiger partial charge < -0.3 is 14.5 Å². The number of nitrogens with zero attached hydrogens (tertiary/aromatic N) is 3. The van der Waals surface area contributed by atoms with Gasteiger partial charge >= 0.3 is 0 Å². The Kier molecular flexibility index (Phi) is 4.05. The summed E-state index contributed by atoms with van der Waals surface area (Å²) < 4.78 is 12.4. The topological polar surface area (TPSA) is 63.3 Å². The van der Waals surface area contributed by atoms with Crippen molar-refractivity contribution in [3.05, 3.63) is 48.3 Å². The molecule has 0 saturated carbocycles. The summed E-state index contributed by atoms with van der Waals surface area (Å²) in [5.74, 6) is 0.774. The van der Waals surface area contributed by atoms with E-state index in [9.17, 15) is 0 Å². The molecule has 0 bridgehead atoms. The number of aromatic nitrogens is 3. The van der Waals surface area contributed by atoms with Crippen molar-refractivity contribution in [2.75, 3.05) is 26.3 Å². The molecule has 3 aromatic heterocycles. The van der Waals surface area contributed by atoms with Crippen LogP contribution in [0.1, 0.15) is 5.56 Å². The highest BCUT2D eigenvalue weighted by Crippen LogP contribution is 2.32. The van der Waals surface area contributed by atoms with Crippen molar-refractivity contribution in [3.63, 3.8) is 0 Å². The number of benzene rings is 1. The van der Waals surface area contributed by atoms with Gasteiger partial charge in [-0.1, -0.05) is 11.3 Å². The molecule has 1 fully saturated rings. The molecule has 0 atom stereocenters. The third kappa shape index (κ3) is 3.05. The average molecular weight is 366 g/mol. The Bertz CT molecular complexity index is 1020. The molecule has 0 amide bonds. The van der Waals surface area contributed by atoms with E-state index in [0.29, 0.717) is 5.19 Å². The molecular weight excluding hydrogens is 348 g/mol. The zero-order valence-electron chi connectivity index (χ0n) is 14.1. The molecule has 1 aliphatic heterocycles. The van der Waals surface area contributed by atoms with E-state index in [4.69, 9.17) is 9.47 Å². The predicted molar refractivity (Wildman–Crippen MR) is 102 cm³/mol. The maximum Gasteiger partial charge on any atom is 0.281 e. The summed E-state index contributed by atoms with van der Waals surface area (Å²) >= 11 is 1.50. The minimum atomic E-state index is 0.609. The molecule has 1 aliphatic rings. The quantitative estimate of drug-likeness (QED) is 0.595. The van der Waals surface area contributed by atoms with Crippen LogP contribution in [-0.2, 0) is 11.3 Å². The van der Waals surface area contributed by atoms with Crippen LogP contribution >= 0.6 is 11.3 Å². The Hall–Kier alpha value is -2.48. The molecule has 0 radical (unpaired) electrons. The van der Waals surface area contributed by atoms with Gasteiger partial charge in [-0.15, -0.1) is 0 Å². The number of ether oxygens (including phenoxy) is 2. The number of morpholine rings is 1. The Morgan fingerprint density at radius 1 is 1.23 bits per heavy atom. The Morgan fingerprint density at radius 3 is 3.04 bits per heavy atom. The lowest BCUT2D eigenvalue weighted by Crippen LogP contribution is -2.35. The summed E-state index contributed by atoms with van der Waals surface area (Å²) in [6.07, 6.45) is 3.83. The van der Waals surface area contributed by atoms with Crippen LogP contribution < -0.4 is 4.74 Å². The summed E-state index contributed by atoms with van der Waals surface area (Å²) in [4.78, 5) is 14.5. The minimum Gasteiger partial charge on any atom is -0.431 e. The third-order valence-corrected chi connectivity index (χ3v) is 5.47. The van der Waals surface area contributed by atoms with E-state index >= 15 is 0 Å². The first-order valence-electron chi connectivity index (χ1n) is 8.65. The maximum atomic E-state index is 5.95. The molecule has 7 heteroatoms. The van der Waals surface area contributed by atoms with Crippen molar-refractivity contribution in [2.45, 2.75) is 6.54 Å². The van der Waals surface area contributed by atoms with Crippen LogP contribution in [0.15, 0.2) is 42.7 Å². The van der Waals surface area contributed by atoms with E-state index in [1.165, 1.54) is 22.3 Å². The Morgan fingerprint density at radius 2 is 2.15 bits per heavy atom. The first-order valence-corrected chi connectivity index (χ1v) is 9.46. The maximum absolute atomic E-state index is 5.95. The van der Waals surface area contributed by atoms with Crippen LogP contribution in [0.5, 0.6) is 10.9 Å². The average Bonchev–Trinajstić information content (AvgIpc) is 3.26. The lowest BCUT2D eigenvalue weighted by atomic mass is 10.1. The van der Waals surface area contributed by atoms with E-state index in [-0.39, 0.29) is 0 Å². The summed E-state index contributed by atoms with van der Waals surface area (Å²) in [5, 5.41) is 1.84. The zero-order valence-corrected chi connectivity index (χ0v) is 15.0. The number of pyridine rings is 1. The van der Waals surface area contributed by atoms with Crippen LogP contribution in [0.3, 0.4) is 0 Å². The van der Waals surface area contributed by atoms with Crippen molar-refractivity contribution in [2.24, 2.45) is 0 Å². The zero-order chi connectivity index (χ0) is 17.3. The molecular formula is C19H18N4O2S. The Labute approximate surface area is 154 Å². The molecule has 0 spiro atoms. The molecule has 4 aromatic rings. The van der Waals surface area contributed by atoms with Gasteiger partial charge in [-0.25, -0.2) is 4.98 Å². The summed E-state index contributed by atoms with van der Waals surface area (Å²) in [7, 11) is 0. The van der Waals surface area contributed by atoms with Crippen molar-refractivity contribution >= 4 is 32.6 Å². The number of aromatic amines is 1. The van der Waals surface area contributed by atoms with Gasteiger partial charge in [0.2, 0.25) is 0 Å². The SMILES string of the molecule is c1cnc2nc(Oc3ccc4c(CN5CCOCC5)c[nH]c4c3)sc2c1. The van der Waals surface area contributed by atoms with Crippen LogP contribution in [0, 0.1) is 0 Å². The van der Waals surface area contributed by atoms with Crippen molar-refractivity contribution < 1.29 is 9.47 Å². The first kappa shape index (κ1) is 15.7. The van der Waals surface area contributed by atoms with E-state index in [1.807, 2.05) is 24.3 Å². The second-order valence-corrected chi connectivity index (χ2v) is 7.31. The fourth-order valence-corrected chi connectivity index (χ4v) is 4.05. The number of hydrogen-bond donors (Lipinski definition) is 1. The molecule has 132 valence electrons. The van der Waals surface area contributed by atoms with Crippen molar-refractivity contribution in [3.8, 4) is 10.9 Å². The van der Waals surface area contributed by atoms with Gasteiger partial charge in [0.05, 0.1) is 17.9 Å². The van der Waals surface area contributed by atoms with Crippen LogP contribution in [0.2, 0.25) is 0 Å². The first-order chi connectivity index (χ1) is 12.8. The normalized spacial score (nSPS) is 15.7. The Balaban J connectivity index is 1.38. The summed E-state index contributed by atoms with van der Waals surface area (Å²) in [6.45, 7) is 4.54. The van der Waals surface area contributed by atoms with Crippen molar-refractivity contribution in [1.82, 2.24) is 19.9 Å². The highest BCUT2D eigenvalue weighted by Gasteiger charge is 2.14.